The molecular weight excluding hydrogens is 300 g/mol. The van der Waals surface area contributed by atoms with Crippen LogP contribution in [-0.2, 0) is 0 Å². The third-order valence-corrected chi connectivity index (χ3v) is 4.40. The van der Waals surface area contributed by atoms with Crippen molar-refractivity contribution in [2.75, 3.05) is 39.3 Å². The van der Waals surface area contributed by atoms with Gasteiger partial charge in [0.25, 0.3) is 5.91 Å². The topological polar surface area (TPSA) is 64.7 Å². The third-order valence-electron chi connectivity index (χ3n) is 3.53. The first kappa shape index (κ1) is 16.8. The fourth-order valence-corrected chi connectivity index (χ4v) is 2.98. The van der Waals surface area contributed by atoms with E-state index in [4.69, 9.17) is 0 Å². The van der Waals surface area contributed by atoms with Gasteiger partial charge in [-0.25, -0.2) is 4.79 Å². The van der Waals surface area contributed by atoms with Gasteiger partial charge in [0.05, 0.1) is 4.88 Å². The number of nitrogens with one attached hydrogen (secondary N) is 2. The lowest BCUT2D eigenvalue weighted by Crippen LogP contribution is -2.53. The molecule has 0 spiro atoms. The van der Waals surface area contributed by atoms with Gasteiger partial charge < -0.3 is 15.5 Å². The minimum atomic E-state index is -0.00931. The third kappa shape index (κ3) is 4.99. The highest BCUT2D eigenvalue weighted by Gasteiger charge is 2.21. The number of hydrogen-bond acceptors (Lipinski definition) is 4. The molecule has 7 heteroatoms. The second kappa shape index (κ2) is 8.14. The van der Waals surface area contributed by atoms with E-state index in [-0.39, 0.29) is 18.0 Å². The summed E-state index contributed by atoms with van der Waals surface area (Å²) in [6, 6.07) is 3.88. The Labute approximate surface area is 135 Å². The Morgan fingerprint density at radius 3 is 2.59 bits per heavy atom. The number of carbonyl (C=O) groups is 2. The molecule has 0 radical (unpaired) electrons. The molecule has 1 aromatic heterocycles. The number of nitrogens with zero attached hydrogens (tertiary/aromatic N) is 2. The standard InChI is InChI=1S/C15H24N4O2S/c1-12(2)17-15(21)19-9-7-18(8-10-19)6-5-16-14(20)13-4-3-11-22-13/h3-4,11-12H,5-10H2,1-2H3,(H,16,20)(H,17,21). The predicted molar refractivity (Wildman–Crippen MR) is 88.3 cm³/mol. The highest BCUT2D eigenvalue weighted by atomic mass is 32.1. The lowest BCUT2D eigenvalue weighted by Gasteiger charge is -2.35. The fraction of sp³-hybridized carbons (Fsp3) is 0.600. The van der Waals surface area contributed by atoms with Gasteiger partial charge in [-0.3, -0.25) is 9.69 Å². The summed E-state index contributed by atoms with van der Waals surface area (Å²) >= 11 is 1.45. The van der Waals surface area contributed by atoms with Gasteiger partial charge in [0.15, 0.2) is 0 Å². The van der Waals surface area contributed by atoms with Gasteiger partial charge in [0, 0.05) is 45.3 Å². The van der Waals surface area contributed by atoms with Crippen LogP contribution in [0.1, 0.15) is 23.5 Å². The number of rotatable bonds is 5. The summed E-state index contributed by atoms with van der Waals surface area (Å²) in [5, 5.41) is 7.74. The van der Waals surface area contributed by atoms with Crippen molar-refractivity contribution in [1.82, 2.24) is 20.4 Å². The van der Waals surface area contributed by atoms with Crippen molar-refractivity contribution in [2.45, 2.75) is 19.9 Å². The Hall–Kier alpha value is -1.60. The maximum absolute atomic E-state index is 11.9. The molecule has 3 amide bonds. The van der Waals surface area contributed by atoms with E-state index < -0.39 is 0 Å². The summed E-state index contributed by atoms with van der Waals surface area (Å²) in [5.74, 6) is -0.00931. The molecule has 2 rings (SSSR count). The van der Waals surface area contributed by atoms with E-state index >= 15 is 0 Å². The smallest absolute Gasteiger partial charge is 0.317 e. The number of piperazine rings is 1. The SMILES string of the molecule is CC(C)NC(=O)N1CCN(CCNC(=O)c2cccs2)CC1. The predicted octanol–water partition coefficient (Wildman–Crippen LogP) is 1.21. The van der Waals surface area contributed by atoms with Gasteiger partial charge in [-0.15, -0.1) is 11.3 Å². The van der Waals surface area contributed by atoms with Crippen molar-refractivity contribution < 1.29 is 9.59 Å². The zero-order valence-corrected chi connectivity index (χ0v) is 14.0. The fourth-order valence-electron chi connectivity index (χ4n) is 2.34. The second-order valence-electron chi connectivity index (χ2n) is 5.67. The first-order valence-electron chi connectivity index (χ1n) is 7.66. The van der Waals surface area contributed by atoms with Gasteiger partial charge in [-0.2, -0.15) is 0 Å². The van der Waals surface area contributed by atoms with Gasteiger partial charge >= 0.3 is 6.03 Å². The van der Waals surface area contributed by atoms with Crippen LogP contribution in [0.15, 0.2) is 17.5 Å². The van der Waals surface area contributed by atoms with Crippen LogP contribution in [0.5, 0.6) is 0 Å². The van der Waals surface area contributed by atoms with E-state index in [0.29, 0.717) is 6.54 Å². The van der Waals surface area contributed by atoms with Crippen LogP contribution in [0.4, 0.5) is 4.79 Å². The molecule has 22 heavy (non-hydrogen) atoms. The van der Waals surface area contributed by atoms with Crippen LogP contribution in [-0.4, -0.2) is 67.0 Å². The molecule has 1 aliphatic heterocycles. The summed E-state index contributed by atoms with van der Waals surface area (Å²) in [5.41, 5.74) is 0. The molecule has 2 heterocycles. The van der Waals surface area contributed by atoms with Crippen LogP contribution < -0.4 is 10.6 Å². The first-order chi connectivity index (χ1) is 10.6. The number of carbonyl (C=O) groups excluding carboxylic acids is 2. The first-order valence-corrected chi connectivity index (χ1v) is 8.53. The monoisotopic (exact) mass is 324 g/mol. The minimum absolute atomic E-state index is 0.00931. The van der Waals surface area contributed by atoms with Crippen LogP contribution in [0.25, 0.3) is 0 Å². The normalized spacial score (nSPS) is 15.9. The quantitative estimate of drug-likeness (QED) is 0.856. The molecule has 1 saturated heterocycles. The molecule has 122 valence electrons. The molecule has 1 aliphatic rings. The molecule has 1 fully saturated rings. The van der Waals surface area contributed by atoms with Crippen LogP contribution in [0.3, 0.4) is 0 Å². The maximum atomic E-state index is 11.9. The summed E-state index contributed by atoms with van der Waals surface area (Å²) in [6.45, 7) is 8.54. The number of amides is 3. The Balaban J connectivity index is 1.63. The Morgan fingerprint density at radius 2 is 2.00 bits per heavy atom. The Morgan fingerprint density at radius 1 is 1.27 bits per heavy atom. The molecule has 0 bridgehead atoms. The van der Waals surface area contributed by atoms with Gasteiger partial charge in [0.2, 0.25) is 0 Å². The molecule has 0 aromatic carbocycles. The number of urea groups is 1. The van der Waals surface area contributed by atoms with Crippen molar-refractivity contribution in [3.63, 3.8) is 0 Å². The van der Waals surface area contributed by atoms with Crippen molar-refractivity contribution in [2.24, 2.45) is 0 Å². The summed E-state index contributed by atoms with van der Waals surface area (Å²) in [7, 11) is 0. The number of thiophene rings is 1. The maximum Gasteiger partial charge on any atom is 0.317 e. The average Bonchev–Trinajstić information content (AvgIpc) is 3.01. The molecule has 0 aliphatic carbocycles. The molecule has 2 N–H and O–H groups in total. The van der Waals surface area contributed by atoms with Gasteiger partial charge in [-0.1, -0.05) is 6.07 Å². The van der Waals surface area contributed by atoms with Crippen LogP contribution in [0.2, 0.25) is 0 Å². The van der Waals surface area contributed by atoms with E-state index in [1.54, 1.807) is 0 Å². The average molecular weight is 324 g/mol. The zero-order chi connectivity index (χ0) is 15.9. The second-order valence-corrected chi connectivity index (χ2v) is 6.61. The van der Waals surface area contributed by atoms with E-state index in [1.807, 2.05) is 36.3 Å². The van der Waals surface area contributed by atoms with Crippen molar-refractivity contribution >= 4 is 23.3 Å². The number of hydrogen-bond donors (Lipinski definition) is 2. The van der Waals surface area contributed by atoms with Gasteiger partial charge in [-0.05, 0) is 25.3 Å². The highest BCUT2D eigenvalue weighted by molar-refractivity contribution is 7.12. The van der Waals surface area contributed by atoms with E-state index in [9.17, 15) is 9.59 Å². The lowest BCUT2D eigenvalue weighted by molar-refractivity contribution is 0.0946. The molecular formula is C15H24N4O2S. The minimum Gasteiger partial charge on any atom is -0.350 e. The molecule has 0 atom stereocenters. The zero-order valence-electron chi connectivity index (χ0n) is 13.2. The molecule has 0 saturated carbocycles. The van der Waals surface area contributed by atoms with Crippen molar-refractivity contribution in [1.29, 1.82) is 0 Å². The summed E-state index contributed by atoms with van der Waals surface area (Å²) < 4.78 is 0. The Kier molecular flexibility index (Phi) is 6.21. The summed E-state index contributed by atoms with van der Waals surface area (Å²) in [4.78, 5) is 28.6. The van der Waals surface area contributed by atoms with Crippen molar-refractivity contribution in [3.05, 3.63) is 22.4 Å². The van der Waals surface area contributed by atoms with E-state index in [2.05, 4.69) is 15.5 Å². The van der Waals surface area contributed by atoms with E-state index in [1.165, 1.54) is 11.3 Å². The van der Waals surface area contributed by atoms with Crippen LogP contribution in [0, 0.1) is 0 Å². The Bertz CT molecular complexity index is 482. The van der Waals surface area contributed by atoms with Crippen LogP contribution >= 0.6 is 11.3 Å². The highest BCUT2D eigenvalue weighted by Crippen LogP contribution is 2.07. The molecule has 0 unspecified atom stereocenters. The largest absolute Gasteiger partial charge is 0.350 e. The lowest BCUT2D eigenvalue weighted by atomic mass is 10.3. The molecule has 1 aromatic rings. The molecule has 6 nitrogen and oxygen atoms in total. The van der Waals surface area contributed by atoms with E-state index in [0.717, 1.165) is 37.6 Å². The summed E-state index contributed by atoms with van der Waals surface area (Å²) in [6.07, 6.45) is 0. The van der Waals surface area contributed by atoms with Gasteiger partial charge in [0.1, 0.15) is 0 Å². The van der Waals surface area contributed by atoms with Crippen molar-refractivity contribution in [3.8, 4) is 0 Å².